The summed E-state index contributed by atoms with van der Waals surface area (Å²) >= 11 is 0. The van der Waals surface area contributed by atoms with Gasteiger partial charge in [0.05, 0.1) is 25.8 Å². The highest BCUT2D eigenvalue weighted by Gasteiger charge is 2.12. The summed E-state index contributed by atoms with van der Waals surface area (Å²) in [6.45, 7) is 10.8. The maximum atomic E-state index is 12.1. The minimum absolute atomic E-state index is 0. The maximum absolute atomic E-state index is 12.1. The van der Waals surface area contributed by atoms with Gasteiger partial charge in [-0.1, -0.05) is 24.3 Å². The van der Waals surface area contributed by atoms with Gasteiger partial charge in [-0.15, -0.1) is 24.0 Å². The molecule has 1 unspecified atom stereocenters. The van der Waals surface area contributed by atoms with Gasteiger partial charge in [-0.2, -0.15) is 0 Å². The van der Waals surface area contributed by atoms with E-state index in [1.807, 2.05) is 57.2 Å². The summed E-state index contributed by atoms with van der Waals surface area (Å²) in [5.41, 5.74) is 1.71. The van der Waals surface area contributed by atoms with Crippen LogP contribution in [0.1, 0.15) is 49.7 Å². The van der Waals surface area contributed by atoms with Crippen LogP contribution in [-0.2, 0) is 0 Å². The van der Waals surface area contributed by atoms with Crippen molar-refractivity contribution < 1.29 is 14.3 Å². The summed E-state index contributed by atoms with van der Waals surface area (Å²) in [7, 11) is 0. The molecule has 3 N–H and O–H groups in total. The van der Waals surface area contributed by atoms with Crippen LogP contribution < -0.4 is 25.4 Å². The van der Waals surface area contributed by atoms with Gasteiger partial charge in [-0.05, 0) is 57.5 Å². The van der Waals surface area contributed by atoms with E-state index in [1.165, 1.54) is 0 Å². The molecule has 1 amide bonds. The van der Waals surface area contributed by atoms with E-state index >= 15 is 0 Å². The Balaban J connectivity index is 0.00000512. The second-order valence-corrected chi connectivity index (χ2v) is 6.82. The fourth-order valence-corrected chi connectivity index (χ4v) is 2.97. The van der Waals surface area contributed by atoms with Crippen LogP contribution in [0.4, 0.5) is 0 Å². The molecule has 2 aromatic rings. The number of hydrogen-bond acceptors (Lipinski definition) is 4. The summed E-state index contributed by atoms with van der Waals surface area (Å²) in [6, 6.07) is 15.1. The van der Waals surface area contributed by atoms with Crippen molar-refractivity contribution in [2.45, 2.75) is 33.7 Å². The van der Waals surface area contributed by atoms with Crippen LogP contribution >= 0.6 is 24.0 Å². The van der Waals surface area contributed by atoms with Gasteiger partial charge in [0.25, 0.3) is 5.91 Å². The van der Waals surface area contributed by atoms with Crippen molar-refractivity contribution in [3.05, 3.63) is 59.7 Å². The molecule has 32 heavy (non-hydrogen) atoms. The molecular formula is C24H35IN4O3. The molecule has 0 fully saturated rings. The van der Waals surface area contributed by atoms with Gasteiger partial charge in [-0.25, -0.2) is 0 Å². The summed E-state index contributed by atoms with van der Waals surface area (Å²) in [6.07, 6.45) is 0. The minimum Gasteiger partial charge on any atom is -0.490 e. The lowest BCUT2D eigenvalue weighted by Gasteiger charge is -2.20. The number of aliphatic imine (C=N–C) groups is 1. The molecule has 0 bridgehead atoms. The highest BCUT2D eigenvalue weighted by molar-refractivity contribution is 14.0. The van der Waals surface area contributed by atoms with Gasteiger partial charge in [0.1, 0.15) is 0 Å². The van der Waals surface area contributed by atoms with Crippen LogP contribution in [0.5, 0.6) is 11.5 Å². The smallest absolute Gasteiger partial charge is 0.251 e. The first-order valence-corrected chi connectivity index (χ1v) is 10.9. The molecule has 0 aliphatic heterocycles. The van der Waals surface area contributed by atoms with E-state index in [4.69, 9.17) is 9.47 Å². The summed E-state index contributed by atoms with van der Waals surface area (Å²) in [4.78, 5) is 16.7. The van der Waals surface area contributed by atoms with Crippen molar-refractivity contribution in [1.29, 1.82) is 0 Å². The Morgan fingerprint density at radius 2 is 1.66 bits per heavy atom. The number of halogens is 1. The number of ether oxygens (including phenoxy) is 2. The van der Waals surface area contributed by atoms with Crippen LogP contribution in [-0.4, -0.2) is 44.7 Å². The zero-order chi connectivity index (χ0) is 22.5. The summed E-state index contributed by atoms with van der Waals surface area (Å²) < 4.78 is 11.4. The lowest BCUT2D eigenvalue weighted by Crippen LogP contribution is -2.39. The molecule has 8 heteroatoms. The minimum atomic E-state index is -0.0973. The highest BCUT2D eigenvalue weighted by atomic mass is 127. The van der Waals surface area contributed by atoms with Gasteiger partial charge >= 0.3 is 0 Å². The molecule has 1 atom stereocenters. The third-order valence-corrected chi connectivity index (χ3v) is 4.47. The first kappa shape index (κ1) is 27.5. The van der Waals surface area contributed by atoms with E-state index < -0.39 is 0 Å². The Morgan fingerprint density at radius 3 is 2.31 bits per heavy atom. The number of benzene rings is 2. The second kappa shape index (κ2) is 15.3. The van der Waals surface area contributed by atoms with E-state index in [9.17, 15) is 4.79 Å². The normalized spacial score (nSPS) is 11.7. The van der Waals surface area contributed by atoms with Crippen molar-refractivity contribution in [3.8, 4) is 11.5 Å². The van der Waals surface area contributed by atoms with Gasteiger partial charge in [0, 0.05) is 18.7 Å². The van der Waals surface area contributed by atoms with E-state index in [-0.39, 0.29) is 35.9 Å². The third-order valence-electron chi connectivity index (χ3n) is 4.47. The average molecular weight is 554 g/mol. The molecule has 0 spiro atoms. The standard InChI is InChI=1S/C24H34N4O3.HI/c1-5-25-24(27-16-15-26-23(29)19-11-9-8-10-12-19)28-18(4)20-13-14-21(30-6-2)22(17-20)31-7-3;/h8-14,17-18H,5-7,15-16H2,1-4H3,(H,26,29)(H2,25,27,28);1H. The van der Waals surface area contributed by atoms with E-state index in [1.54, 1.807) is 12.1 Å². The number of carbonyl (C=O) groups is 1. The largest absolute Gasteiger partial charge is 0.490 e. The van der Waals surface area contributed by atoms with Crippen molar-refractivity contribution >= 4 is 35.8 Å². The molecule has 2 aromatic carbocycles. The Kier molecular flexibility index (Phi) is 13.2. The fraction of sp³-hybridized carbons (Fsp3) is 0.417. The molecule has 7 nitrogen and oxygen atoms in total. The van der Waals surface area contributed by atoms with E-state index in [0.717, 1.165) is 23.6 Å². The first-order valence-electron chi connectivity index (χ1n) is 10.9. The summed E-state index contributed by atoms with van der Waals surface area (Å²) in [5, 5.41) is 9.54. The SMILES string of the molecule is CCNC(=NCCNC(=O)c1ccccc1)NC(C)c1ccc(OCC)c(OCC)c1.I. The van der Waals surface area contributed by atoms with Gasteiger partial charge in [0.15, 0.2) is 17.5 Å². The molecule has 0 saturated carbocycles. The lowest BCUT2D eigenvalue weighted by molar-refractivity contribution is 0.0955. The molecule has 0 aliphatic rings. The Hall–Kier alpha value is -2.49. The van der Waals surface area contributed by atoms with E-state index in [0.29, 0.717) is 37.8 Å². The number of carbonyl (C=O) groups excluding carboxylic acids is 1. The highest BCUT2D eigenvalue weighted by Crippen LogP contribution is 2.30. The van der Waals surface area contributed by atoms with Crippen LogP contribution in [0.15, 0.2) is 53.5 Å². The number of amides is 1. The number of nitrogens with zero attached hydrogens (tertiary/aromatic N) is 1. The number of hydrogen-bond donors (Lipinski definition) is 3. The van der Waals surface area contributed by atoms with Crippen LogP contribution in [0.25, 0.3) is 0 Å². The predicted octanol–water partition coefficient (Wildman–Crippen LogP) is 4.15. The first-order chi connectivity index (χ1) is 15.1. The fourth-order valence-electron chi connectivity index (χ4n) is 2.97. The Labute approximate surface area is 208 Å². The third kappa shape index (κ3) is 8.94. The van der Waals surface area contributed by atoms with Crippen LogP contribution in [0, 0.1) is 0 Å². The molecule has 0 saturated heterocycles. The molecule has 0 aliphatic carbocycles. The average Bonchev–Trinajstić information content (AvgIpc) is 2.78. The quantitative estimate of drug-likeness (QED) is 0.168. The van der Waals surface area contributed by atoms with Gasteiger partial charge in [0.2, 0.25) is 0 Å². The maximum Gasteiger partial charge on any atom is 0.251 e. The predicted molar refractivity (Wildman–Crippen MR) is 140 cm³/mol. The van der Waals surface area contributed by atoms with Crippen molar-refractivity contribution in [2.75, 3.05) is 32.8 Å². The lowest BCUT2D eigenvalue weighted by atomic mass is 10.1. The molecule has 0 radical (unpaired) electrons. The Morgan fingerprint density at radius 1 is 0.969 bits per heavy atom. The van der Waals surface area contributed by atoms with Crippen LogP contribution in [0.2, 0.25) is 0 Å². The topological polar surface area (TPSA) is 84.0 Å². The molecule has 2 rings (SSSR count). The van der Waals surface area contributed by atoms with Crippen molar-refractivity contribution in [1.82, 2.24) is 16.0 Å². The molecule has 0 heterocycles. The summed E-state index contributed by atoms with van der Waals surface area (Å²) in [5.74, 6) is 2.08. The van der Waals surface area contributed by atoms with Crippen molar-refractivity contribution in [3.63, 3.8) is 0 Å². The Bertz CT molecular complexity index is 846. The van der Waals surface area contributed by atoms with E-state index in [2.05, 4.69) is 27.9 Å². The van der Waals surface area contributed by atoms with Gasteiger partial charge < -0.3 is 25.4 Å². The van der Waals surface area contributed by atoms with Crippen LogP contribution in [0.3, 0.4) is 0 Å². The monoisotopic (exact) mass is 554 g/mol. The van der Waals surface area contributed by atoms with Crippen molar-refractivity contribution in [2.24, 2.45) is 4.99 Å². The number of nitrogens with one attached hydrogen (secondary N) is 3. The molecule has 0 aromatic heterocycles. The number of rotatable bonds is 11. The molecule has 176 valence electrons. The molecular weight excluding hydrogens is 519 g/mol. The number of guanidine groups is 1. The zero-order valence-electron chi connectivity index (χ0n) is 19.3. The second-order valence-electron chi connectivity index (χ2n) is 6.82. The van der Waals surface area contributed by atoms with Gasteiger partial charge in [-0.3, -0.25) is 9.79 Å². The zero-order valence-corrected chi connectivity index (χ0v) is 21.6.